The van der Waals surface area contributed by atoms with Crippen molar-refractivity contribution in [2.24, 2.45) is 0 Å². The fourth-order valence-corrected chi connectivity index (χ4v) is 1.85. The smallest absolute Gasteiger partial charge is 0.545 e. The molecule has 0 unspecified atom stereocenters. The van der Waals surface area contributed by atoms with E-state index in [0.29, 0.717) is 0 Å². The number of halogens is 3. The topological polar surface area (TPSA) is 120 Å². The summed E-state index contributed by atoms with van der Waals surface area (Å²) in [5, 5.41) is 30.2. The molecule has 2 radical (unpaired) electrons. The van der Waals surface area contributed by atoms with E-state index in [4.69, 9.17) is 0 Å². The van der Waals surface area contributed by atoms with Crippen molar-refractivity contribution in [3.05, 3.63) is 107 Å². The summed E-state index contributed by atoms with van der Waals surface area (Å²) in [6.07, 6.45) is 0. The molecule has 6 nitrogen and oxygen atoms in total. The van der Waals surface area contributed by atoms with E-state index in [1.807, 2.05) is 0 Å². The van der Waals surface area contributed by atoms with Gasteiger partial charge in [0.15, 0.2) is 0 Å². The zero-order valence-electron chi connectivity index (χ0n) is 15.5. The second-order valence-electron chi connectivity index (χ2n) is 5.39. The molecule has 31 heavy (non-hydrogen) atoms. The summed E-state index contributed by atoms with van der Waals surface area (Å²) in [5.74, 6) is -5.79. The summed E-state index contributed by atoms with van der Waals surface area (Å²) >= 11 is 0. The van der Waals surface area contributed by atoms with Crippen LogP contribution < -0.4 is 15.3 Å². The van der Waals surface area contributed by atoms with Gasteiger partial charge in [0.25, 0.3) is 0 Å². The Morgan fingerprint density at radius 1 is 0.516 bits per heavy atom. The van der Waals surface area contributed by atoms with Crippen LogP contribution in [-0.2, 0) is 0 Å². The monoisotopic (exact) mass is 626 g/mol. The van der Waals surface area contributed by atoms with Gasteiger partial charge in [-0.15, -0.1) is 0 Å². The van der Waals surface area contributed by atoms with E-state index < -0.39 is 35.4 Å². The normalized spacial score (nSPS) is 9.00. The van der Waals surface area contributed by atoms with Gasteiger partial charge in [-0.05, 0) is 36.4 Å². The van der Waals surface area contributed by atoms with Crippen molar-refractivity contribution in [2.75, 3.05) is 0 Å². The fourth-order valence-electron chi connectivity index (χ4n) is 1.85. The molecular formula is C21H12BiF3O6. The summed E-state index contributed by atoms with van der Waals surface area (Å²) in [7, 11) is 0. The molecule has 3 aromatic rings. The third kappa shape index (κ3) is 10.9. The third-order valence-electron chi connectivity index (χ3n) is 3.18. The van der Waals surface area contributed by atoms with Gasteiger partial charge in [0.1, 0.15) is 17.5 Å². The summed E-state index contributed by atoms with van der Waals surface area (Å²) in [4.78, 5) is 30.2. The van der Waals surface area contributed by atoms with Crippen LogP contribution in [0.2, 0.25) is 0 Å². The van der Waals surface area contributed by atoms with E-state index in [1.165, 1.54) is 54.6 Å². The van der Waals surface area contributed by atoms with Gasteiger partial charge < -0.3 is 29.7 Å². The van der Waals surface area contributed by atoms with Gasteiger partial charge in [-0.3, -0.25) is 0 Å². The molecule has 0 aromatic heterocycles. The zero-order valence-corrected chi connectivity index (χ0v) is 18.9. The number of rotatable bonds is 3. The molecule has 10 heteroatoms. The van der Waals surface area contributed by atoms with Crippen molar-refractivity contribution < 1.29 is 42.9 Å². The standard InChI is InChI=1S/3C7H5FO2.Bi/c3*8-6-3-1-2-5(4-6)7(9)10;/h3*1-4H,(H,9,10);/q;;;+3/p-3. The molecule has 0 bridgehead atoms. The van der Waals surface area contributed by atoms with E-state index in [9.17, 15) is 42.9 Å². The molecule has 0 aliphatic carbocycles. The van der Waals surface area contributed by atoms with Crippen molar-refractivity contribution in [2.45, 2.75) is 0 Å². The average molecular weight is 626 g/mol. The molecule has 0 aliphatic rings. The Morgan fingerprint density at radius 2 is 0.742 bits per heavy atom. The average Bonchev–Trinajstić information content (AvgIpc) is 2.69. The van der Waals surface area contributed by atoms with Gasteiger partial charge in [-0.25, -0.2) is 13.2 Å². The Bertz CT molecular complexity index is 911. The molecule has 0 fully saturated rings. The third-order valence-corrected chi connectivity index (χ3v) is 3.18. The maximum Gasteiger partial charge on any atom is 3.00 e. The number of hydrogen-bond donors (Lipinski definition) is 0. The Labute approximate surface area is 193 Å². The van der Waals surface area contributed by atoms with Crippen LogP contribution in [0.5, 0.6) is 0 Å². The van der Waals surface area contributed by atoms with Crippen molar-refractivity contribution in [1.82, 2.24) is 0 Å². The predicted molar refractivity (Wildman–Crippen MR) is 97.9 cm³/mol. The van der Waals surface area contributed by atoms with E-state index in [-0.39, 0.29) is 42.9 Å². The van der Waals surface area contributed by atoms with Crippen LogP contribution in [0.3, 0.4) is 0 Å². The quantitative estimate of drug-likeness (QED) is 0.383. The molecule has 158 valence electrons. The zero-order chi connectivity index (χ0) is 22.7. The molecule has 3 rings (SSSR count). The molecule has 0 amide bonds. The minimum atomic E-state index is -1.36. The van der Waals surface area contributed by atoms with E-state index >= 15 is 0 Å². The van der Waals surface area contributed by atoms with Crippen molar-refractivity contribution in [3.63, 3.8) is 0 Å². The van der Waals surface area contributed by atoms with Crippen molar-refractivity contribution in [1.29, 1.82) is 0 Å². The maximum atomic E-state index is 12.2. The van der Waals surface area contributed by atoms with Gasteiger partial charge in [-0.2, -0.15) is 0 Å². The molecule has 0 aliphatic heterocycles. The first-order chi connectivity index (χ1) is 14.1. The molecule has 0 spiro atoms. The predicted octanol–water partition coefficient (Wildman–Crippen LogP) is 0.187. The van der Waals surface area contributed by atoms with Gasteiger partial charge in [0.2, 0.25) is 0 Å². The maximum absolute atomic E-state index is 12.2. The molecule has 3 aromatic carbocycles. The van der Waals surface area contributed by atoms with Crippen LogP contribution >= 0.6 is 0 Å². The van der Waals surface area contributed by atoms with Crippen LogP contribution in [0.25, 0.3) is 0 Å². The second kappa shape index (κ2) is 13.9. The first kappa shape index (κ1) is 27.7. The first-order valence-corrected chi connectivity index (χ1v) is 8.01. The Kier molecular flexibility index (Phi) is 12.4. The first-order valence-electron chi connectivity index (χ1n) is 8.01. The Morgan fingerprint density at radius 3 is 0.871 bits per heavy atom. The molecule has 0 N–H and O–H groups in total. The number of hydrogen-bond acceptors (Lipinski definition) is 6. The number of carboxylic acids is 3. The van der Waals surface area contributed by atoms with Crippen LogP contribution in [0.1, 0.15) is 31.1 Å². The minimum absolute atomic E-state index is 0. The van der Waals surface area contributed by atoms with Gasteiger partial charge in [0.05, 0.1) is 17.9 Å². The van der Waals surface area contributed by atoms with Gasteiger partial charge in [0, 0.05) is 16.7 Å². The summed E-state index contributed by atoms with van der Waals surface area (Å²) in [5.41, 5.74) is -0.417. The molecule has 0 saturated carbocycles. The molecule has 0 saturated heterocycles. The number of aromatic carboxylic acids is 3. The fraction of sp³-hybridized carbons (Fsp3) is 0. The number of carbonyl (C=O) groups is 3. The van der Waals surface area contributed by atoms with Crippen molar-refractivity contribution in [3.8, 4) is 0 Å². The molecule has 0 atom stereocenters. The Hall–Kier alpha value is -3.26. The Balaban J connectivity index is 0.000000429. The van der Waals surface area contributed by atoms with Crippen LogP contribution in [0.4, 0.5) is 13.2 Å². The van der Waals surface area contributed by atoms with Crippen LogP contribution in [0.15, 0.2) is 72.8 Å². The van der Waals surface area contributed by atoms with Gasteiger partial charge >= 0.3 is 26.2 Å². The SMILES string of the molecule is O=C([O-])c1cccc(F)c1.O=C([O-])c1cccc(F)c1.O=C([O-])c1cccc(F)c1.[Bi+3]. The summed E-state index contributed by atoms with van der Waals surface area (Å²) < 4.78 is 36.7. The van der Waals surface area contributed by atoms with Crippen molar-refractivity contribution >= 4 is 44.1 Å². The van der Waals surface area contributed by atoms with E-state index in [2.05, 4.69) is 0 Å². The minimum Gasteiger partial charge on any atom is -0.545 e. The number of benzene rings is 3. The number of carbonyl (C=O) groups excluding carboxylic acids is 3. The molecule has 0 heterocycles. The molecular weight excluding hydrogens is 614 g/mol. The largest absolute Gasteiger partial charge is 3.00 e. The van der Waals surface area contributed by atoms with Gasteiger partial charge in [-0.1, -0.05) is 36.4 Å². The van der Waals surface area contributed by atoms with Crippen LogP contribution in [0, 0.1) is 17.5 Å². The van der Waals surface area contributed by atoms with Crippen LogP contribution in [-0.4, -0.2) is 44.1 Å². The summed E-state index contributed by atoms with van der Waals surface area (Å²) in [6, 6.07) is 14.0. The van der Waals surface area contributed by atoms with E-state index in [1.54, 1.807) is 0 Å². The second-order valence-corrected chi connectivity index (χ2v) is 5.39. The number of carboxylic acid groups (broad SMARTS) is 3. The van der Waals surface area contributed by atoms with E-state index in [0.717, 1.165) is 18.2 Å². The summed E-state index contributed by atoms with van der Waals surface area (Å²) in [6.45, 7) is 0.